The lowest BCUT2D eigenvalue weighted by Crippen LogP contribution is -2.20. The van der Waals surface area contributed by atoms with Crippen LogP contribution in [0.3, 0.4) is 0 Å². The summed E-state index contributed by atoms with van der Waals surface area (Å²) in [5.41, 5.74) is 3.42. The SMILES string of the molecule is CC(C)(C)c1cc(/C=N\NC(=O)Cc2cccc(C(F)(F)F)c2)cc(C(C)(C)C)c1O. The van der Waals surface area contributed by atoms with E-state index < -0.39 is 17.6 Å². The van der Waals surface area contributed by atoms with Gasteiger partial charge in [-0.3, -0.25) is 4.79 Å². The molecule has 7 heteroatoms. The molecule has 0 saturated carbocycles. The predicted octanol–water partition coefficient (Wildman–Crippen LogP) is 5.70. The van der Waals surface area contributed by atoms with Crippen molar-refractivity contribution in [3.05, 3.63) is 64.2 Å². The Morgan fingerprint density at radius 1 is 1.00 bits per heavy atom. The standard InChI is InChI=1S/C24H29F3N2O2/c1-22(2,3)18-11-16(12-19(21(18)31)23(4,5)6)14-28-29-20(30)13-15-8-7-9-17(10-15)24(25,26)27/h7-12,14,31H,13H2,1-6H3,(H,29,30)/b28-14-. The van der Waals surface area contributed by atoms with Gasteiger partial charge >= 0.3 is 6.18 Å². The third kappa shape index (κ3) is 6.57. The van der Waals surface area contributed by atoms with Crippen molar-refractivity contribution < 1.29 is 23.1 Å². The van der Waals surface area contributed by atoms with Crippen molar-refractivity contribution >= 4 is 12.1 Å². The van der Waals surface area contributed by atoms with Gasteiger partial charge in [-0.15, -0.1) is 0 Å². The first-order valence-corrected chi connectivity index (χ1v) is 9.95. The Morgan fingerprint density at radius 3 is 2.03 bits per heavy atom. The fourth-order valence-corrected chi connectivity index (χ4v) is 3.14. The van der Waals surface area contributed by atoms with E-state index in [1.165, 1.54) is 18.3 Å². The van der Waals surface area contributed by atoms with Gasteiger partial charge in [0.25, 0.3) is 0 Å². The van der Waals surface area contributed by atoms with Crippen LogP contribution in [-0.4, -0.2) is 17.2 Å². The van der Waals surface area contributed by atoms with Crippen molar-refractivity contribution in [1.29, 1.82) is 0 Å². The summed E-state index contributed by atoms with van der Waals surface area (Å²) in [7, 11) is 0. The zero-order chi connectivity index (χ0) is 23.6. The lowest BCUT2D eigenvalue weighted by molar-refractivity contribution is -0.137. The lowest BCUT2D eigenvalue weighted by atomic mass is 9.78. The zero-order valence-electron chi connectivity index (χ0n) is 18.7. The van der Waals surface area contributed by atoms with Crippen LogP contribution in [0.15, 0.2) is 41.5 Å². The number of hydrogen-bond donors (Lipinski definition) is 2. The third-order valence-electron chi connectivity index (χ3n) is 4.77. The van der Waals surface area contributed by atoms with Gasteiger partial charge in [0.15, 0.2) is 0 Å². The first kappa shape index (κ1) is 24.4. The van der Waals surface area contributed by atoms with Crippen LogP contribution in [-0.2, 0) is 28.2 Å². The Hall–Kier alpha value is -2.83. The number of alkyl halides is 3. The van der Waals surface area contributed by atoms with Crippen LogP contribution in [0.4, 0.5) is 13.2 Å². The average molecular weight is 435 g/mol. The largest absolute Gasteiger partial charge is 0.507 e. The van der Waals surface area contributed by atoms with Gasteiger partial charge in [0, 0.05) is 11.1 Å². The maximum Gasteiger partial charge on any atom is 0.416 e. The molecule has 168 valence electrons. The maximum absolute atomic E-state index is 12.8. The third-order valence-corrected chi connectivity index (χ3v) is 4.77. The number of nitrogens with one attached hydrogen (secondary N) is 1. The minimum atomic E-state index is -4.46. The van der Waals surface area contributed by atoms with E-state index in [2.05, 4.69) is 10.5 Å². The molecule has 2 rings (SSSR count). The van der Waals surface area contributed by atoms with E-state index in [0.29, 0.717) is 5.56 Å². The van der Waals surface area contributed by atoms with Gasteiger partial charge in [0.05, 0.1) is 18.2 Å². The minimum absolute atomic E-state index is 0.225. The second-order valence-electron chi connectivity index (χ2n) is 9.63. The molecule has 0 fully saturated rings. The summed E-state index contributed by atoms with van der Waals surface area (Å²) in [6.07, 6.45) is -3.22. The van der Waals surface area contributed by atoms with Crippen molar-refractivity contribution in [3.63, 3.8) is 0 Å². The van der Waals surface area contributed by atoms with E-state index in [-0.39, 0.29) is 28.6 Å². The summed E-state index contributed by atoms with van der Waals surface area (Å²) in [4.78, 5) is 12.1. The van der Waals surface area contributed by atoms with Gasteiger partial charge in [-0.1, -0.05) is 59.7 Å². The molecular weight excluding hydrogens is 405 g/mol. The van der Waals surface area contributed by atoms with Gasteiger partial charge in [-0.2, -0.15) is 18.3 Å². The van der Waals surface area contributed by atoms with Gasteiger partial charge in [-0.05, 0) is 40.2 Å². The number of aromatic hydroxyl groups is 1. The van der Waals surface area contributed by atoms with Crippen molar-refractivity contribution in [2.45, 2.75) is 65.0 Å². The smallest absolute Gasteiger partial charge is 0.416 e. The van der Waals surface area contributed by atoms with Crippen LogP contribution in [0.1, 0.15) is 69.4 Å². The first-order valence-electron chi connectivity index (χ1n) is 9.95. The maximum atomic E-state index is 12.8. The van der Waals surface area contributed by atoms with Crippen molar-refractivity contribution in [1.82, 2.24) is 5.43 Å². The molecule has 0 aliphatic rings. The summed E-state index contributed by atoms with van der Waals surface area (Å²) in [6, 6.07) is 8.27. The molecule has 0 atom stereocenters. The van der Waals surface area contributed by atoms with Crippen molar-refractivity contribution in [3.8, 4) is 5.75 Å². The second kappa shape index (κ2) is 8.73. The highest BCUT2D eigenvalue weighted by Crippen LogP contribution is 2.39. The Balaban J connectivity index is 2.20. The topological polar surface area (TPSA) is 61.7 Å². The van der Waals surface area contributed by atoms with E-state index >= 15 is 0 Å². The number of phenolic OH excluding ortho intramolecular Hbond substituents is 1. The summed E-state index contributed by atoms with van der Waals surface area (Å²) >= 11 is 0. The number of halogens is 3. The molecule has 2 N–H and O–H groups in total. The van der Waals surface area contributed by atoms with E-state index in [4.69, 9.17) is 0 Å². The molecule has 1 amide bonds. The molecule has 2 aromatic rings. The lowest BCUT2D eigenvalue weighted by Gasteiger charge is -2.27. The molecule has 31 heavy (non-hydrogen) atoms. The normalized spacial score (nSPS) is 12.9. The zero-order valence-corrected chi connectivity index (χ0v) is 18.7. The molecule has 2 aromatic carbocycles. The molecule has 0 aliphatic heterocycles. The van der Waals surface area contributed by atoms with Crippen molar-refractivity contribution in [2.24, 2.45) is 5.10 Å². The summed E-state index contributed by atoms with van der Waals surface area (Å²) < 4.78 is 38.4. The summed E-state index contributed by atoms with van der Waals surface area (Å²) in [5.74, 6) is -0.285. The highest BCUT2D eigenvalue weighted by Gasteiger charge is 2.30. The van der Waals surface area contributed by atoms with Crippen LogP contribution in [0, 0.1) is 0 Å². The second-order valence-corrected chi connectivity index (χ2v) is 9.63. The van der Waals surface area contributed by atoms with Crippen LogP contribution in [0.25, 0.3) is 0 Å². The fourth-order valence-electron chi connectivity index (χ4n) is 3.14. The number of benzene rings is 2. The number of carbonyl (C=O) groups excluding carboxylic acids is 1. The van der Waals surface area contributed by atoms with Crippen LogP contribution < -0.4 is 5.43 Å². The molecule has 0 bridgehead atoms. The Kier molecular flexibility index (Phi) is 6.88. The number of hydrogen-bond acceptors (Lipinski definition) is 3. The Morgan fingerprint density at radius 2 is 1.55 bits per heavy atom. The molecule has 0 spiro atoms. The molecule has 0 saturated heterocycles. The van der Waals surface area contributed by atoms with E-state index in [0.717, 1.165) is 23.3 Å². The quantitative estimate of drug-likeness (QED) is 0.479. The minimum Gasteiger partial charge on any atom is -0.507 e. The Bertz CT molecular complexity index is 947. The molecular formula is C24H29F3N2O2. The average Bonchev–Trinajstić information content (AvgIpc) is 2.60. The molecule has 0 aromatic heterocycles. The monoisotopic (exact) mass is 434 g/mol. The molecule has 4 nitrogen and oxygen atoms in total. The number of hydrazone groups is 1. The highest BCUT2D eigenvalue weighted by molar-refractivity contribution is 5.84. The van der Waals surface area contributed by atoms with Gasteiger partial charge in [0.2, 0.25) is 5.91 Å². The Labute approximate surface area is 181 Å². The predicted molar refractivity (Wildman–Crippen MR) is 116 cm³/mol. The highest BCUT2D eigenvalue weighted by atomic mass is 19.4. The van der Waals surface area contributed by atoms with Gasteiger partial charge in [-0.25, -0.2) is 5.43 Å². The first-order chi connectivity index (χ1) is 14.1. The van der Waals surface area contributed by atoms with Crippen LogP contribution >= 0.6 is 0 Å². The number of rotatable bonds is 4. The summed E-state index contributed by atoms with van der Waals surface area (Å²) in [6.45, 7) is 12.0. The van der Waals surface area contributed by atoms with E-state index in [9.17, 15) is 23.1 Å². The summed E-state index contributed by atoms with van der Waals surface area (Å²) in [5, 5.41) is 14.7. The van der Waals surface area contributed by atoms with Crippen LogP contribution in [0.5, 0.6) is 5.75 Å². The number of carbonyl (C=O) groups is 1. The molecule has 0 aliphatic carbocycles. The number of amides is 1. The van der Waals surface area contributed by atoms with Gasteiger partial charge < -0.3 is 5.11 Å². The number of nitrogens with zero attached hydrogens (tertiary/aromatic N) is 1. The van der Waals surface area contributed by atoms with Gasteiger partial charge in [0.1, 0.15) is 5.75 Å². The number of phenols is 1. The van der Waals surface area contributed by atoms with Crippen molar-refractivity contribution in [2.75, 3.05) is 0 Å². The van der Waals surface area contributed by atoms with Crippen LogP contribution in [0.2, 0.25) is 0 Å². The van der Waals surface area contributed by atoms with E-state index in [1.54, 1.807) is 0 Å². The molecule has 0 unspecified atom stereocenters. The van der Waals surface area contributed by atoms with E-state index in [1.807, 2.05) is 53.7 Å². The molecule has 0 radical (unpaired) electrons. The fraction of sp³-hybridized carbons (Fsp3) is 0.417. The molecule has 0 heterocycles.